The van der Waals surface area contributed by atoms with Crippen LogP contribution in [0.15, 0.2) is 41.1 Å². The maximum absolute atomic E-state index is 12.3. The summed E-state index contributed by atoms with van der Waals surface area (Å²) in [4.78, 5) is 25.2. The van der Waals surface area contributed by atoms with Gasteiger partial charge in [0.2, 0.25) is 5.91 Å². The molecular formula is C18H12ClNO3S2. The van der Waals surface area contributed by atoms with E-state index in [9.17, 15) is 14.7 Å². The minimum atomic E-state index is -0.998. The van der Waals surface area contributed by atoms with Gasteiger partial charge in [-0.25, -0.2) is 4.79 Å². The molecule has 0 spiro atoms. The normalized spacial score (nSPS) is 16.4. The fourth-order valence-electron chi connectivity index (χ4n) is 3.07. The van der Waals surface area contributed by atoms with Crippen molar-refractivity contribution in [1.29, 1.82) is 0 Å². The summed E-state index contributed by atoms with van der Waals surface area (Å²) in [6.45, 7) is 0. The molecule has 126 valence electrons. The molecule has 3 aromatic rings. The average molecular weight is 390 g/mol. The molecule has 0 saturated heterocycles. The molecule has 1 amide bonds. The van der Waals surface area contributed by atoms with Gasteiger partial charge in [0.25, 0.3) is 0 Å². The molecule has 1 atom stereocenters. The monoisotopic (exact) mass is 389 g/mol. The second-order valence-electron chi connectivity index (χ2n) is 5.72. The van der Waals surface area contributed by atoms with Crippen molar-refractivity contribution >= 4 is 51.8 Å². The number of fused-ring (bicyclic) bond motifs is 1. The van der Waals surface area contributed by atoms with Crippen LogP contribution in [0.2, 0.25) is 5.02 Å². The van der Waals surface area contributed by atoms with Crippen LogP contribution in [0, 0.1) is 0 Å². The van der Waals surface area contributed by atoms with Crippen molar-refractivity contribution < 1.29 is 14.7 Å². The van der Waals surface area contributed by atoms with Crippen molar-refractivity contribution in [2.75, 3.05) is 5.32 Å². The van der Waals surface area contributed by atoms with Crippen LogP contribution >= 0.6 is 34.3 Å². The van der Waals surface area contributed by atoms with E-state index in [1.54, 1.807) is 35.6 Å². The van der Waals surface area contributed by atoms with Crippen LogP contribution in [0.3, 0.4) is 0 Å². The minimum Gasteiger partial charge on any atom is -0.477 e. The standard InChI is InChI=1S/C18H12ClNO3S2/c19-11-3-1-9(2-4-11)14-15-16(25-17(14)18(22)23)12(7-13(21)20-15)10-5-6-24-8-10/h1-6,8,12H,7H2,(H,20,21)(H,22,23)/t12-/m1/s1. The van der Waals surface area contributed by atoms with E-state index in [0.29, 0.717) is 22.7 Å². The number of anilines is 1. The van der Waals surface area contributed by atoms with Gasteiger partial charge in [0.15, 0.2) is 0 Å². The van der Waals surface area contributed by atoms with Crippen LogP contribution in [0.1, 0.15) is 32.5 Å². The summed E-state index contributed by atoms with van der Waals surface area (Å²) in [5.41, 5.74) is 2.93. The van der Waals surface area contributed by atoms with Gasteiger partial charge in [0.05, 0.1) is 5.69 Å². The molecule has 1 aromatic carbocycles. The Morgan fingerprint density at radius 2 is 2.00 bits per heavy atom. The predicted molar refractivity (Wildman–Crippen MR) is 101 cm³/mol. The van der Waals surface area contributed by atoms with E-state index in [2.05, 4.69) is 5.32 Å². The van der Waals surface area contributed by atoms with Crippen LogP contribution in [0.4, 0.5) is 5.69 Å². The van der Waals surface area contributed by atoms with Crippen molar-refractivity contribution in [3.63, 3.8) is 0 Å². The van der Waals surface area contributed by atoms with Gasteiger partial charge in [-0.1, -0.05) is 23.7 Å². The number of aromatic carboxylic acids is 1. The zero-order valence-corrected chi connectivity index (χ0v) is 15.2. The van der Waals surface area contributed by atoms with Crippen molar-refractivity contribution in [3.8, 4) is 11.1 Å². The molecule has 2 aromatic heterocycles. The highest BCUT2D eigenvalue weighted by Crippen LogP contribution is 2.49. The van der Waals surface area contributed by atoms with Crippen molar-refractivity contribution in [2.24, 2.45) is 0 Å². The average Bonchev–Trinajstić information content (AvgIpc) is 3.22. The first-order chi connectivity index (χ1) is 12.0. The molecule has 0 saturated carbocycles. The number of carboxylic acid groups (broad SMARTS) is 1. The Kier molecular flexibility index (Phi) is 4.11. The summed E-state index contributed by atoms with van der Waals surface area (Å²) in [6, 6.07) is 8.97. The lowest BCUT2D eigenvalue weighted by Gasteiger charge is -2.23. The Morgan fingerprint density at radius 1 is 1.24 bits per heavy atom. The molecule has 1 aliphatic rings. The van der Waals surface area contributed by atoms with Gasteiger partial charge in [0, 0.05) is 27.8 Å². The summed E-state index contributed by atoms with van der Waals surface area (Å²) in [7, 11) is 0. The second-order valence-corrected chi connectivity index (χ2v) is 7.99. The highest BCUT2D eigenvalue weighted by Gasteiger charge is 2.34. The first-order valence-electron chi connectivity index (χ1n) is 7.52. The number of hydrogen-bond acceptors (Lipinski definition) is 4. The van der Waals surface area contributed by atoms with E-state index < -0.39 is 5.97 Å². The second kappa shape index (κ2) is 6.29. The summed E-state index contributed by atoms with van der Waals surface area (Å²) in [5.74, 6) is -1.21. The molecular weight excluding hydrogens is 378 g/mol. The fraction of sp³-hybridized carbons (Fsp3) is 0.111. The Hall–Kier alpha value is -2.15. The first-order valence-corrected chi connectivity index (χ1v) is 9.66. The summed E-state index contributed by atoms with van der Waals surface area (Å²) in [6.07, 6.45) is 0.323. The number of benzene rings is 1. The smallest absolute Gasteiger partial charge is 0.346 e. The quantitative estimate of drug-likeness (QED) is 0.638. The summed E-state index contributed by atoms with van der Waals surface area (Å²) in [5, 5.41) is 17.1. The van der Waals surface area contributed by atoms with E-state index in [4.69, 9.17) is 11.6 Å². The molecule has 0 bridgehead atoms. The molecule has 4 rings (SSSR count). The minimum absolute atomic E-state index is 0.103. The summed E-state index contributed by atoms with van der Waals surface area (Å²) < 4.78 is 0. The molecule has 0 aliphatic carbocycles. The number of carbonyl (C=O) groups excluding carboxylic acids is 1. The third-order valence-electron chi connectivity index (χ3n) is 4.18. The van der Waals surface area contributed by atoms with Gasteiger partial charge in [-0.2, -0.15) is 11.3 Å². The number of carbonyl (C=O) groups is 2. The number of rotatable bonds is 3. The molecule has 3 heterocycles. The zero-order valence-electron chi connectivity index (χ0n) is 12.8. The lowest BCUT2D eigenvalue weighted by atomic mass is 9.90. The van der Waals surface area contributed by atoms with Crippen LogP contribution in [-0.4, -0.2) is 17.0 Å². The number of carboxylic acids is 1. The van der Waals surface area contributed by atoms with Gasteiger partial charge in [-0.05, 0) is 40.1 Å². The predicted octanol–water partition coefficient (Wildman–Crippen LogP) is 5.30. The fourth-order valence-corrected chi connectivity index (χ4v) is 5.16. The van der Waals surface area contributed by atoms with E-state index >= 15 is 0 Å². The van der Waals surface area contributed by atoms with Crippen LogP contribution in [-0.2, 0) is 4.79 Å². The van der Waals surface area contributed by atoms with Gasteiger partial charge >= 0.3 is 5.97 Å². The molecule has 0 fully saturated rings. The number of nitrogens with one attached hydrogen (secondary N) is 1. The molecule has 1 aliphatic heterocycles. The van der Waals surface area contributed by atoms with Crippen LogP contribution in [0.5, 0.6) is 0 Å². The van der Waals surface area contributed by atoms with Crippen molar-refractivity contribution in [1.82, 2.24) is 0 Å². The maximum atomic E-state index is 12.3. The molecule has 7 heteroatoms. The Morgan fingerprint density at radius 3 is 2.64 bits per heavy atom. The van der Waals surface area contributed by atoms with Crippen LogP contribution in [0.25, 0.3) is 11.1 Å². The maximum Gasteiger partial charge on any atom is 0.346 e. The van der Waals surface area contributed by atoms with Crippen molar-refractivity contribution in [2.45, 2.75) is 12.3 Å². The Balaban J connectivity index is 1.95. The van der Waals surface area contributed by atoms with E-state index in [0.717, 1.165) is 16.0 Å². The largest absolute Gasteiger partial charge is 0.477 e. The van der Waals surface area contributed by atoms with E-state index in [1.165, 1.54) is 11.3 Å². The molecule has 0 unspecified atom stereocenters. The lowest BCUT2D eigenvalue weighted by Crippen LogP contribution is -2.22. The number of hydrogen-bond donors (Lipinski definition) is 2. The number of halogens is 1. The Labute approximate surface area is 156 Å². The molecule has 0 radical (unpaired) electrons. The van der Waals surface area contributed by atoms with E-state index in [-0.39, 0.29) is 16.7 Å². The highest BCUT2D eigenvalue weighted by atomic mass is 35.5. The molecule has 25 heavy (non-hydrogen) atoms. The van der Waals surface area contributed by atoms with Crippen LogP contribution < -0.4 is 5.32 Å². The highest BCUT2D eigenvalue weighted by molar-refractivity contribution is 7.15. The van der Waals surface area contributed by atoms with Gasteiger partial charge < -0.3 is 10.4 Å². The lowest BCUT2D eigenvalue weighted by molar-refractivity contribution is -0.116. The van der Waals surface area contributed by atoms with Crippen molar-refractivity contribution in [3.05, 3.63) is 61.4 Å². The Bertz CT molecular complexity index is 961. The van der Waals surface area contributed by atoms with E-state index in [1.807, 2.05) is 16.8 Å². The summed E-state index contributed by atoms with van der Waals surface area (Å²) >= 11 is 8.75. The number of amides is 1. The SMILES string of the molecule is O=C1C[C@H](c2ccsc2)c2sc(C(=O)O)c(-c3ccc(Cl)cc3)c2N1. The molecule has 2 N–H and O–H groups in total. The third kappa shape index (κ3) is 2.86. The third-order valence-corrected chi connectivity index (χ3v) is 6.42. The topological polar surface area (TPSA) is 66.4 Å². The van der Waals surface area contributed by atoms with Gasteiger partial charge in [0.1, 0.15) is 4.88 Å². The molecule has 4 nitrogen and oxygen atoms in total. The zero-order chi connectivity index (χ0) is 17.6. The first kappa shape index (κ1) is 16.3. The number of thiophene rings is 2. The van der Waals surface area contributed by atoms with Gasteiger partial charge in [-0.15, -0.1) is 11.3 Å². The van der Waals surface area contributed by atoms with Gasteiger partial charge in [-0.3, -0.25) is 4.79 Å².